The highest BCUT2D eigenvalue weighted by molar-refractivity contribution is 5.57. The summed E-state index contributed by atoms with van der Waals surface area (Å²) >= 11 is 0. The Labute approximate surface area is 82.1 Å². The molecule has 0 aliphatic rings. The van der Waals surface area contributed by atoms with E-state index >= 15 is 0 Å². The number of rotatable bonds is 2. The van der Waals surface area contributed by atoms with Gasteiger partial charge in [-0.1, -0.05) is 13.8 Å². The van der Waals surface area contributed by atoms with Gasteiger partial charge < -0.3 is 5.73 Å². The number of nitrogens with zero attached hydrogens (tertiary/aromatic N) is 2. The molecule has 14 heavy (non-hydrogen) atoms. The molecule has 0 saturated carbocycles. The van der Waals surface area contributed by atoms with Crippen LogP contribution in [0.25, 0.3) is 0 Å². The van der Waals surface area contributed by atoms with E-state index in [-0.39, 0.29) is 17.4 Å². The Morgan fingerprint density at radius 3 is 2.50 bits per heavy atom. The summed E-state index contributed by atoms with van der Waals surface area (Å²) in [5.41, 5.74) is 6.76. The predicted molar refractivity (Wildman–Crippen MR) is 54.1 cm³/mol. The molecule has 0 aliphatic heterocycles. The van der Waals surface area contributed by atoms with Gasteiger partial charge in [0.15, 0.2) is 0 Å². The zero-order valence-corrected chi connectivity index (χ0v) is 8.44. The molecule has 76 valence electrons. The van der Waals surface area contributed by atoms with Gasteiger partial charge in [0.25, 0.3) is 0 Å². The normalized spacial score (nSPS) is 10.6. The Kier molecular flexibility index (Phi) is 2.69. The van der Waals surface area contributed by atoms with Crippen molar-refractivity contribution in [2.24, 2.45) is 0 Å². The fraction of sp³-hybridized carbons (Fsp3) is 0.444. The number of nitrogens with two attached hydrogens (primary N) is 1. The number of pyridine rings is 1. The van der Waals surface area contributed by atoms with Crippen LogP contribution in [0.1, 0.15) is 31.0 Å². The van der Waals surface area contributed by atoms with Crippen molar-refractivity contribution in [1.82, 2.24) is 4.98 Å². The van der Waals surface area contributed by atoms with E-state index < -0.39 is 4.92 Å². The van der Waals surface area contributed by atoms with Gasteiger partial charge in [-0.3, -0.25) is 10.1 Å². The molecule has 2 N–H and O–H groups in total. The van der Waals surface area contributed by atoms with Crippen LogP contribution >= 0.6 is 0 Å². The highest BCUT2D eigenvalue weighted by atomic mass is 16.6. The van der Waals surface area contributed by atoms with Crippen molar-refractivity contribution >= 4 is 11.5 Å². The zero-order chi connectivity index (χ0) is 10.9. The summed E-state index contributed by atoms with van der Waals surface area (Å²) in [6.07, 6.45) is 0. The first kappa shape index (κ1) is 10.4. The van der Waals surface area contributed by atoms with Gasteiger partial charge in [-0.25, -0.2) is 4.98 Å². The molecule has 0 aliphatic carbocycles. The first-order valence-electron chi connectivity index (χ1n) is 4.35. The molecule has 0 bridgehead atoms. The first-order chi connectivity index (χ1) is 6.43. The van der Waals surface area contributed by atoms with E-state index in [1.165, 1.54) is 0 Å². The van der Waals surface area contributed by atoms with E-state index in [9.17, 15) is 10.1 Å². The van der Waals surface area contributed by atoms with E-state index in [2.05, 4.69) is 4.98 Å². The molecule has 0 spiro atoms. The average Bonchev–Trinajstić information content (AvgIpc) is 2.01. The number of aromatic nitrogens is 1. The molecule has 0 aromatic carbocycles. The fourth-order valence-electron chi connectivity index (χ4n) is 1.25. The van der Waals surface area contributed by atoms with Crippen LogP contribution < -0.4 is 5.73 Å². The average molecular weight is 195 g/mol. The van der Waals surface area contributed by atoms with Crippen LogP contribution in [0.2, 0.25) is 0 Å². The molecule has 1 aromatic rings. The second-order valence-electron chi connectivity index (χ2n) is 3.51. The monoisotopic (exact) mass is 195 g/mol. The molecular formula is C9H13N3O2. The fourth-order valence-corrected chi connectivity index (χ4v) is 1.25. The minimum atomic E-state index is -0.498. The van der Waals surface area contributed by atoms with Gasteiger partial charge in [0.05, 0.1) is 4.92 Å². The third kappa shape index (κ3) is 1.81. The molecule has 0 atom stereocenters. The van der Waals surface area contributed by atoms with Crippen molar-refractivity contribution in [2.45, 2.75) is 26.7 Å². The van der Waals surface area contributed by atoms with Gasteiger partial charge in [0.1, 0.15) is 0 Å². The molecule has 0 unspecified atom stereocenters. The molecule has 1 rings (SSSR count). The Morgan fingerprint density at radius 2 is 2.14 bits per heavy atom. The molecule has 1 heterocycles. The molecule has 0 saturated heterocycles. The van der Waals surface area contributed by atoms with Gasteiger partial charge >= 0.3 is 5.69 Å². The lowest BCUT2D eigenvalue weighted by Gasteiger charge is -2.07. The number of nitro groups is 1. The van der Waals surface area contributed by atoms with Gasteiger partial charge in [-0.2, -0.15) is 0 Å². The minimum Gasteiger partial charge on any atom is -0.378 e. The van der Waals surface area contributed by atoms with Gasteiger partial charge in [0, 0.05) is 11.3 Å². The van der Waals surface area contributed by atoms with Crippen LogP contribution in [-0.2, 0) is 0 Å². The largest absolute Gasteiger partial charge is 0.378 e. The van der Waals surface area contributed by atoms with Crippen molar-refractivity contribution in [1.29, 1.82) is 0 Å². The molecule has 1 aromatic heterocycles. The van der Waals surface area contributed by atoms with Crippen molar-refractivity contribution in [3.05, 3.63) is 27.4 Å². The SMILES string of the molecule is Cc1cc(C(C)C)nc(N)c1[N+](=O)[O-]. The lowest BCUT2D eigenvalue weighted by Crippen LogP contribution is -2.04. The first-order valence-corrected chi connectivity index (χ1v) is 4.35. The summed E-state index contributed by atoms with van der Waals surface area (Å²) in [7, 11) is 0. The number of nitrogen functional groups attached to an aromatic ring is 1. The van der Waals surface area contributed by atoms with Crippen molar-refractivity contribution in [3.8, 4) is 0 Å². The Morgan fingerprint density at radius 1 is 1.57 bits per heavy atom. The summed E-state index contributed by atoms with van der Waals surface area (Å²) in [6.45, 7) is 5.60. The number of aryl methyl sites for hydroxylation is 1. The van der Waals surface area contributed by atoms with Crippen LogP contribution in [0.5, 0.6) is 0 Å². The molecule has 0 fully saturated rings. The van der Waals surface area contributed by atoms with Crippen molar-refractivity contribution < 1.29 is 4.92 Å². The highest BCUT2D eigenvalue weighted by Crippen LogP contribution is 2.26. The van der Waals surface area contributed by atoms with Crippen LogP contribution in [-0.4, -0.2) is 9.91 Å². The van der Waals surface area contributed by atoms with Crippen LogP contribution in [0, 0.1) is 17.0 Å². The molecule has 0 amide bonds. The standard InChI is InChI=1S/C9H13N3O2/c1-5(2)7-4-6(3)8(12(13)14)9(10)11-7/h4-5H,1-3H3,(H2,10,11). The summed E-state index contributed by atoms with van der Waals surface area (Å²) < 4.78 is 0. The van der Waals surface area contributed by atoms with Gasteiger partial charge in [-0.05, 0) is 18.9 Å². The third-order valence-electron chi connectivity index (χ3n) is 2.00. The number of hydrogen-bond acceptors (Lipinski definition) is 4. The van der Waals surface area contributed by atoms with E-state index in [4.69, 9.17) is 5.73 Å². The topological polar surface area (TPSA) is 82.0 Å². The minimum absolute atomic E-state index is 0.00120. The molecule has 5 nitrogen and oxygen atoms in total. The Bertz CT molecular complexity index is 351. The van der Waals surface area contributed by atoms with E-state index in [1.54, 1.807) is 13.0 Å². The molecule has 5 heteroatoms. The number of hydrogen-bond donors (Lipinski definition) is 1. The predicted octanol–water partition coefficient (Wildman–Crippen LogP) is 2.00. The van der Waals surface area contributed by atoms with E-state index in [1.807, 2.05) is 13.8 Å². The summed E-state index contributed by atoms with van der Waals surface area (Å²) in [4.78, 5) is 14.1. The lowest BCUT2D eigenvalue weighted by atomic mass is 10.1. The van der Waals surface area contributed by atoms with Crippen LogP contribution in [0.4, 0.5) is 11.5 Å². The van der Waals surface area contributed by atoms with Crippen LogP contribution in [0.3, 0.4) is 0 Å². The maximum atomic E-state index is 10.6. The quantitative estimate of drug-likeness (QED) is 0.578. The molecular weight excluding hydrogens is 182 g/mol. The second kappa shape index (κ2) is 3.61. The highest BCUT2D eigenvalue weighted by Gasteiger charge is 2.18. The van der Waals surface area contributed by atoms with E-state index in [0.29, 0.717) is 5.56 Å². The lowest BCUT2D eigenvalue weighted by molar-refractivity contribution is -0.384. The van der Waals surface area contributed by atoms with Gasteiger partial charge in [-0.15, -0.1) is 0 Å². The second-order valence-corrected chi connectivity index (χ2v) is 3.51. The van der Waals surface area contributed by atoms with Crippen molar-refractivity contribution in [3.63, 3.8) is 0 Å². The Hall–Kier alpha value is -1.65. The summed E-state index contributed by atoms with van der Waals surface area (Å²) in [5, 5.41) is 10.6. The Balaban J connectivity index is 3.32. The number of anilines is 1. The molecule has 0 radical (unpaired) electrons. The van der Waals surface area contributed by atoms with Gasteiger partial charge in [0.2, 0.25) is 5.82 Å². The third-order valence-corrected chi connectivity index (χ3v) is 2.00. The van der Waals surface area contributed by atoms with Crippen LogP contribution in [0.15, 0.2) is 6.07 Å². The summed E-state index contributed by atoms with van der Waals surface area (Å²) in [6, 6.07) is 1.71. The smallest absolute Gasteiger partial charge is 0.314 e. The summed E-state index contributed by atoms with van der Waals surface area (Å²) in [5.74, 6) is 0.218. The van der Waals surface area contributed by atoms with Crippen molar-refractivity contribution in [2.75, 3.05) is 5.73 Å². The maximum absolute atomic E-state index is 10.6. The zero-order valence-electron chi connectivity index (χ0n) is 8.44. The maximum Gasteiger partial charge on any atom is 0.314 e. The van der Waals surface area contributed by atoms with E-state index in [0.717, 1.165) is 5.69 Å².